The first-order valence-corrected chi connectivity index (χ1v) is 8.65. The third-order valence-corrected chi connectivity index (χ3v) is 4.98. The molecule has 122 valence electrons. The van der Waals surface area contributed by atoms with E-state index in [2.05, 4.69) is 4.72 Å². The largest absolute Gasteiger partial charge is 0.486 e. The summed E-state index contributed by atoms with van der Waals surface area (Å²) in [6.45, 7) is 0.245. The normalized spacial score (nSPS) is 17.0. The minimum absolute atomic E-state index is 0.0195. The molecule has 1 aliphatic rings. The highest BCUT2D eigenvalue weighted by molar-refractivity contribution is 7.89. The molecule has 1 aliphatic heterocycles. The molecular formula is C15H13ClFNO4S. The Morgan fingerprint density at radius 3 is 2.70 bits per heavy atom. The lowest BCUT2D eigenvalue weighted by atomic mass is 10.2. The van der Waals surface area contributed by atoms with Crippen molar-refractivity contribution < 1.29 is 22.3 Å². The number of sulfonamides is 1. The number of hydrogen-bond acceptors (Lipinski definition) is 4. The summed E-state index contributed by atoms with van der Waals surface area (Å²) < 4.78 is 51.1. The van der Waals surface area contributed by atoms with Crippen LogP contribution in [0.1, 0.15) is 0 Å². The Kier molecular flexibility index (Phi) is 4.43. The Hall–Kier alpha value is -1.83. The average Bonchev–Trinajstić information content (AvgIpc) is 2.55. The lowest BCUT2D eigenvalue weighted by Gasteiger charge is -2.26. The van der Waals surface area contributed by atoms with E-state index in [1.54, 1.807) is 18.2 Å². The number of benzene rings is 2. The Bertz CT molecular complexity index is 828. The Morgan fingerprint density at radius 1 is 1.22 bits per heavy atom. The molecule has 2 aromatic rings. The second-order valence-electron chi connectivity index (χ2n) is 4.93. The predicted octanol–water partition coefficient (Wildman–Crippen LogP) is 2.60. The lowest BCUT2D eigenvalue weighted by Crippen LogP contribution is -2.40. The number of ether oxygens (including phenoxy) is 2. The van der Waals surface area contributed by atoms with Crippen LogP contribution in [0.2, 0.25) is 5.02 Å². The predicted molar refractivity (Wildman–Crippen MR) is 83.0 cm³/mol. The van der Waals surface area contributed by atoms with E-state index in [1.807, 2.05) is 6.07 Å². The van der Waals surface area contributed by atoms with Crippen LogP contribution >= 0.6 is 11.6 Å². The van der Waals surface area contributed by atoms with Crippen LogP contribution in [0.25, 0.3) is 0 Å². The van der Waals surface area contributed by atoms with Crippen LogP contribution in [-0.2, 0) is 10.0 Å². The summed E-state index contributed by atoms with van der Waals surface area (Å²) in [5.74, 6) is 0.510. The van der Waals surface area contributed by atoms with Gasteiger partial charge >= 0.3 is 0 Å². The maximum atomic E-state index is 13.1. The van der Waals surface area contributed by atoms with Crippen molar-refractivity contribution in [1.82, 2.24) is 4.72 Å². The summed E-state index contributed by atoms with van der Waals surface area (Å²) in [5, 5.41) is -0.251. The highest BCUT2D eigenvalue weighted by Crippen LogP contribution is 2.30. The molecule has 1 unspecified atom stereocenters. The summed E-state index contributed by atoms with van der Waals surface area (Å²) in [5.41, 5.74) is 0. The summed E-state index contributed by atoms with van der Waals surface area (Å²) in [4.78, 5) is -0.110. The molecule has 0 bridgehead atoms. The molecule has 0 aliphatic carbocycles. The van der Waals surface area contributed by atoms with E-state index < -0.39 is 21.9 Å². The molecule has 1 N–H and O–H groups in total. The molecule has 23 heavy (non-hydrogen) atoms. The number of fused-ring (bicyclic) bond motifs is 1. The monoisotopic (exact) mass is 357 g/mol. The molecule has 2 aromatic carbocycles. The molecule has 3 rings (SSSR count). The second-order valence-corrected chi connectivity index (χ2v) is 7.10. The van der Waals surface area contributed by atoms with Gasteiger partial charge in [-0.25, -0.2) is 17.5 Å². The molecule has 5 nitrogen and oxygen atoms in total. The highest BCUT2D eigenvalue weighted by Gasteiger charge is 2.23. The Morgan fingerprint density at radius 2 is 1.96 bits per heavy atom. The van der Waals surface area contributed by atoms with Crippen LogP contribution in [0.5, 0.6) is 11.5 Å². The third-order valence-electron chi connectivity index (χ3n) is 3.27. The first-order chi connectivity index (χ1) is 11.0. The van der Waals surface area contributed by atoms with Gasteiger partial charge in [0.2, 0.25) is 10.0 Å². The third kappa shape index (κ3) is 3.57. The molecule has 0 saturated carbocycles. The van der Waals surface area contributed by atoms with Gasteiger partial charge in [-0.2, -0.15) is 0 Å². The topological polar surface area (TPSA) is 64.6 Å². The van der Waals surface area contributed by atoms with Crippen molar-refractivity contribution in [2.75, 3.05) is 13.2 Å². The fourth-order valence-corrected chi connectivity index (χ4v) is 3.43. The van der Waals surface area contributed by atoms with Gasteiger partial charge in [0.05, 0.1) is 16.5 Å². The smallest absolute Gasteiger partial charge is 0.240 e. The van der Waals surface area contributed by atoms with Gasteiger partial charge in [-0.1, -0.05) is 23.7 Å². The van der Waals surface area contributed by atoms with Crippen molar-refractivity contribution in [3.05, 3.63) is 53.3 Å². The van der Waals surface area contributed by atoms with Crippen molar-refractivity contribution in [2.24, 2.45) is 0 Å². The van der Waals surface area contributed by atoms with E-state index in [1.165, 1.54) is 0 Å². The molecule has 1 heterocycles. The van der Waals surface area contributed by atoms with E-state index in [0.29, 0.717) is 11.5 Å². The molecule has 1 atom stereocenters. The van der Waals surface area contributed by atoms with Crippen LogP contribution in [0.4, 0.5) is 4.39 Å². The Balaban J connectivity index is 1.67. The molecule has 0 saturated heterocycles. The van der Waals surface area contributed by atoms with Gasteiger partial charge in [0.15, 0.2) is 11.5 Å². The molecule has 0 spiro atoms. The van der Waals surface area contributed by atoms with E-state index in [0.717, 1.165) is 18.2 Å². The number of nitrogens with one attached hydrogen (secondary N) is 1. The first-order valence-electron chi connectivity index (χ1n) is 6.79. The Labute approximate surface area is 138 Å². The van der Waals surface area contributed by atoms with Crippen LogP contribution in [0.15, 0.2) is 47.4 Å². The average molecular weight is 358 g/mol. The van der Waals surface area contributed by atoms with Gasteiger partial charge in [-0.15, -0.1) is 0 Å². The number of para-hydroxylation sites is 2. The lowest BCUT2D eigenvalue weighted by molar-refractivity contribution is 0.0943. The fraction of sp³-hybridized carbons (Fsp3) is 0.200. The van der Waals surface area contributed by atoms with Crippen LogP contribution in [0, 0.1) is 5.82 Å². The number of hydrogen-bond donors (Lipinski definition) is 1. The second kappa shape index (κ2) is 6.35. The molecule has 0 fully saturated rings. The van der Waals surface area contributed by atoms with E-state index in [-0.39, 0.29) is 23.1 Å². The van der Waals surface area contributed by atoms with Crippen LogP contribution < -0.4 is 14.2 Å². The zero-order valence-corrected chi connectivity index (χ0v) is 13.4. The van der Waals surface area contributed by atoms with Gasteiger partial charge in [-0.05, 0) is 30.3 Å². The van der Waals surface area contributed by atoms with E-state index in [9.17, 15) is 12.8 Å². The zero-order chi connectivity index (χ0) is 16.4. The SMILES string of the molecule is O=S(=O)(NCC1COc2ccccc2O1)c1ccc(F)c(Cl)c1. The molecule has 0 radical (unpaired) electrons. The molecular weight excluding hydrogens is 345 g/mol. The maximum Gasteiger partial charge on any atom is 0.240 e. The van der Waals surface area contributed by atoms with Crippen molar-refractivity contribution in [3.8, 4) is 11.5 Å². The van der Waals surface area contributed by atoms with Crippen molar-refractivity contribution in [3.63, 3.8) is 0 Å². The van der Waals surface area contributed by atoms with Crippen molar-refractivity contribution in [1.29, 1.82) is 0 Å². The zero-order valence-electron chi connectivity index (χ0n) is 11.8. The van der Waals surface area contributed by atoms with E-state index >= 15 is 0 Å². The van der Waals surface area contributed by atoms with Crippen LogP contribution in [0.3, 0.4) is 0 Å². The summed E-state index contributed by atoms with van der Waals surface area (Å²) in [6, 6.07) is 10.4. The molecule has 0 aromatic heterocycles. The van der Waals surface area contributed by atoms with Crippen molar-refractivity contribution >= 4 is 21.6 Å². The summed E-state index contributed by atoms with van der Waals surface area (Å²) >= 11 is 5.61. The molecule has 0 amide bonds. The van der Waals surface area contributed by atoms with Gasteiger partial charge in [0.25, 0.3) is 0 Å². The number of halogens is 2. The van der Waals surface area contributed by atoms with Crippen molar-refractivity contribution in [2.45, 2.75) is 11.0 Å². The maximum absolute atomic E-state index is 13.1. The van der Waals surface area contributed by atoms with Crippen LogP contribution in [-0.4, -0.2) is 27.7 Å². The standard InChI is InChI=1S/C15H13ClFNO4S/c16-12-7-11(5-6-13(12)17)23(19,20)18-8-10-9-21-14-3-1-2-4-15(14)22-10/h1-7,10,18H,8-9H2. The minimum atomic E-state index is -3.81. The number of rotatable bonds is 4. The van der Waals surface area contributed by atoms with Gasteiger partial charge < -0.3 is 9.47 Å². The van der Waals surface area contributed by atoms with Gasteiger partial charge in [-0.3, -0.25) is 0 Å². The quantitative estimate of drug-likeness (QED) is 0.913. The summed E-state index contributed by atoms with van der Waals surface area (Å²) in [6.07, 6.45) is -0.462. The van der Waals surface area contributed by atoms with Gasteiger partial charge in [0.1, 0.15) is 18.5 Å². The van der Waals surface area contributed by atoms with Gasteiger partial charge in [0, 0.05) is 0 Å². The molecule has 8 heteroatoms. The minimum Gasteiger partial charge on any atom is -0.486 e. The first kappa shape index (κ1) is 16.0. The fourth-order valence-electron chi connectivity index (χ4n) is 2.09. The highest BCUT2D eigenvalue weighted by atomic mass is 35.5. The van der Waals surface area contributed by atoms with E-state index in [4.69, 9.17) is 21.1 Å². The summed E-state index contributed by atoms with van der Waals surface area (Å²) in [7, 11) is -3.81.